The van der Waals surface area contributed by atoms with E-state index in [4.69, 9.17) is 4.74 Å². The second kappa shape index (κ2) is 9.42. The zero-order valence-electron chi connectivity index (χ0n) is 17.8. The molecule has 0 spiro atoms. The summed E-state index contributed by atoms with van der Waals surface area (Å²) < 4.78 is 5.29. The minimum absolute atomic E-state index is 0.146. The summed E-state index contributed by atoms with van der Waals surface area (Å²) in [5, 5.41) is 11.8. The van der Waals surface area contributed by atoms with Crippen molar-refractivity contribution in [2.24, 2.45) is 0 Å². The van der Waals surface area contributed by atoms with E-state index in [1.807, 2.05) is 54.3 Å². The molecule has 0 unspecified atom stereocenters. The highest BCUT2D eigenvalue weighted by molar-refractivity contribution is 5.79. The Balaban J connectivity index is 1.30. The van der Waals surface area contributed by atoms with Crippen LogP contribution in [-0.2, 0) is 11.2 Å². The predicted molar refractivity (Wildman–Crippen MR) is 120 cm³/mol. The van der Waals surface area contributed by atoms with Crippen LogP contribution in [0, 0.1) is 6.92 Å². The van der Waals surface area contributed by atoms with Crippen molar-refractivity contribution in [3.05, 3.63) is 66.0 Å². The van der Waals surface area contributed by atoms with Crippen LogP contribution in [0.3, 0.4) is 0 Å². The van der Waals surface area contributed by atoms with Gasteiger partial charge in [0.2, 0.25) is 5.91 Å². The smallest absolute Gasteiger partial charge is 0.227 e. The van der Waals surface area contributed by atoms with Crippen LogP contribution >= 0.6 is 0 Å². The van der Waals surface area contributed by atoms with Gasteiger partial charge in [0.1, 0.15) is 5.75 Å². The van der Waals surface area contributed by atoms with Crippen molar-refractivity contribution in [1.29, 1.82) is 0 Å². The monoisotopic (exact) mass is 418 g/mol. The van der Waals surface area contributed by atoms with Crippen molar-refractivity contribution in [1.82, 2.24) is 20.1 Å². The Bertz CT molecular complexity index is 1020. The maximum atomic E-state index is 12.7. The van der Waals surface area contributed by atoms with Crippen LogP contribution < -0.4 is 15.0 Å². The van der Waals surface area contributed by atoms with Crippen molar-refractivity contribution < 1.29 is 9.53 Å². The fourth-order valence-electron chi connectivity index (χ4n) is 3.67. The van der Waals surface area contributed by atoms with Gasteiger partial charge in [0.05, 0.1) is 13.5 Å². The zero-order valence-corrected chi connectivity index (χ0v) is 17.8. The van der Waals surface area contributed by atoms with Crippen LogP contribution in [-0.4, -0.2) is 59.3 Å². The maximum Gasteiger partial charge on any atom is 0.227 e. The SMILES string of the molecule is COc1ccc(CC(=O)N2CCN(c3ccc(Nc4ccncc4)nn3)CC2)cc1C. The number of carbonyl (C=O) groups is 1. The zero-order chi connectivity index (χ0) is 21.6. The Morgan fingerprint density at radius 2 is 1.81 bits per heavy atom. The van der Waals surface area contributed by atoms with E-state index < -0.39 is 0 Å². The number of carbonyl (C=O) groups excluding carboxylic acids is 1. The largest absolute Gasteiger partial charge is 0.496 e. The minimum atomic E-state index is 0.146. The predicted octanol–water partition coefficient (Wildman–Crippen LogP) is 2.82. The van der Waals surface area contributed by atoms with Crippen LogP contribution in [0.1, 0.15) is 11.1 Å². The molecule has 0 atom stereocenters. The number of amides is 1. The lowest BCUT2D eigenvalue weighted by Crippen LogP contribution is -2.49. The average Bonchev–Trinajstić information content (AvgIpc) is 2.80. The maximum absolute atomic E-state index is 12.7. The summed E-state index contributed by atoms with van der Waals surface area (Å²) in [4.78, 5) is 20.8. The molecule has 1 aliphatic heterocycles. The Kier molecular flexibility index (Phi) is 6.26. The summed E-state index contributed by atoms with van der Waals surface area (Å²) >= 11 is 0. The number of ether oxygens (including phenoxy) is 1. The topological polar surface area (TPSA) is 83.5 Å². The number of anilines is 3. The molecule has 3 heterocycles. The molecule has 1 aromatic carbocycles. The summed E-state index contributed by atoms with van der Waals surface area (Å²) in [7, 11) is 1.65. The minimum Gasteiger partial charge on any atom is -0.496 e. The van der Waals surface area contributed by atoms with Gasteiger partial charge in [-0.1, -0.05) is 12.1 Å². The third-order valence-corrected chi connectivity index (χ3v) is 5.37. The normalized spacial score (nSPS) is 13.7. The highest BCUT2D eigenvalue weighted by atomic mass is 16.5. The van der Waals surface area contributed by atoms with Crippen LogP contribution in [0.4, 0.5) is 17.3 Å². The van der Waals surface area contributed by atoms with Crippen LogP contribution in [0.15, 0.2) is 54.9 Å². The fraction of sp³-hybridized carbons (Fsp3) is 0.304. The van der Waals surface area contributed by atoms with E-state index in [0.29, 0.717) is 25.3 Å². The number of methoxy groups -OCH3 is 1. The molecule has 0 radical (unpaired) electrons. The Labute approximate surface area is 181 Å². The summed E-state index contributed by atoms with van der Waals surface area (Å²) in [5.41, 5.74) is 2.96. The first-order chi connectivity index (χ1) is 15.1. The number of nitrogens with zero attached hydrogens (tertiary/aromatic N) is 5. The highest BCUT2D eigenvalue weighted by Gasteiger charge is 2.22. The van der Waals surface area contributed by atoms with Crippen LogP contribution in [0.2, 0.25) is 0 Å². The summed E-state index contributed by atoms with van der Waals surface area (Å²) in [6.07, 6.45) is 3.85. The molecule has 1 amide bonds. The van der Waals surface area contributed by atoms with Gasteiger partial charge in [0, 0.05) is 44.3 Å². The lowest BCUT2D eigenvalue weighted by Gasteiger charge is -2.35. The van der Waals surface area contributed by atoms with Gasteiger partial charge < -0.3 is 19.9 Å². The fourth-order valence-corrected chi connectivity index (χ4v) is 3.67. The third kappa shape index (κ3) is 5.09. The van der Waals surface area contributed by atoms with Gasteiger partial charge in [-0.2, -0.15) is 0 Å². The molecular weight excluding hydrogens is 392 g/mol. The molecule has 2 aromatic heterocycles. The van der Waals surface area contributed by atoms with Gasteiger partial charge in [-0.25, -0.2) is 0 Å². The third-order valence-electron chi connectivity index (χ3n) is 5.37. The first-order valence-electron chi connectivity index (χ1n) is 10.3. The molecule has 0 bridgehead atoms. The van der Waals surface area contributed by atoms with E-state index in [9.17, 15) is 4.79 Å². The number of aryl methyl sites for hydroxylation is 1. The van der Waals surface area contributed by atoms with Crippen molar-refractivity contribution >= 4 is 23.2 Å². The summed E-state index contributed by atoms with van der Waals surface area (Å²) in [6.45, 7) is 4.81. The Morgan fingerprint density at radius 1 is 1.03 bits per heavy atom. The standard InChI is InChI=1S/C23H26N6O2/c1-17-15-18(3-4-20(17)31-2)16-23(30)29-13-11-28(12-14-29)22-6-5-21(26-27-22)25-19-7-9-24-10-8-19/h3-10,15H,11-14,16H2,1-2H3,(H,24,25,26). The number of aromatic nitrogens is 3. The molecule has 160 valence electrons. The van der Waals surface area contributed by atoms with E-state index in [1.54, 1.807) is 19.5 Å². The second-order valence-electron chi connectivity index (χ2n) is 7.49. The highest BCUT2D eigenvalue weighted by Crippen LogP contribution is 2.20. The van der Waals surface area contributed by atoms with Gasteiger partial charge in [-0.05, 0) is 48.4 Å². The Morgan fingerprint density at radius 3 is 2.45 bits per heavy atom. The van der Waals surface area contributed by atoms with E-state index in [2.05, 4.69) is 25.4 Å². The van der Waals surface area contributed by atoms with Gasteiger partial charge in [0.25, 0.3) is 0 Å². The number of hydrogen-bond donors (Lipinski definition) is 1. The van der Waals surface area contributed by atoms with Gasteiger partial charge in [-0.15, -0.1) is 10.2 Å². The molecular formula is C23H26N6O2. The first kappa shape index (κ1) is 20.6. The van der Waals surface area contributed by atoms with E-state index in [0.717, 1.165) is 41.5 Å². The van der Waals surface area contributed by atoms with Crippen LogP contribution in [0.5, 0.6) is 5.75 Å². The molecule has 1 fully saturated rings. The molecule has 3 aromatic rings. The lowest BCUT2D eigenvalue weighted by molar-refractivity contribution is -0.130. The van der Waals surface area contributed by atoms with E-state index >= 15 is 0 Å². The number of hydrogen-bond acceptors (Lipinski definition) is 7. The van der Waals surface area contributed by atoms with Gasteiger partial charge in [0.15, 0.2) is 11.6 Å². The molecule has 31 heavy (non-hydrogen) atoms. The molecule has 1 aliphatic rings. The first-order valence-corrected chi connectivity index (χ1v) is 10.3. The average molecular weight is 419 g/mol. The Hall–Kier alpha value is -3.68. The molecule has 8 heteroatoms. The second-order valence-corrected chi connectivity index (χ2v) is 7.49. The molecule has 0 saturated carbocycles. The lowest BCUT2D eigenvalue weighted by atomic mass is 10.1. The van der Waals surface area contributed by atoms with E-state index in [-0.39, 0.29) is 5.91 Å². The van der Waals surface area contributed by atoms with Gasteiger partial charge in [-0.3, -0.25) is 9.78 Å². The molecule has 8 nitrogen and oxygen atoms in total. The molecule has 1 N–H and O–H groups in total. The molecule has 1 saturated heterocycles. The number of rotatable bonds is 6. The molecule has 0 aliphatic carbocycles. The number of pyridine rings is 1. The quantitative estimate of drug-likeness (QED) is 0.659. The van der Waals surface area contributed by atoms with Crippen molar-refractivity contribution in [2.45, 2.75) is 13.3 Å². The number of piperazine rings is 1. The van der Waals surface area contributed by atoms with Gasteiger partial charge >= 0.3 is 0 Å². The number of nitrogens with one attached hydrogen (secondary N) is 1. The summed E-state index contributed by atoms with van der Waals surface area (Å²) in [5.74, 6) is 2.48. The van der Waals surface area contributed by atoms with Crippen molar-refractivity contribution in [2.75, 3.05) is 43.5 Å². The van der Waals surface area contributed by atoms with Crippen molar-refractivity contribution in [3.63, 3.8) is 0 Å². The summed E-state index contributed by atoms with van der Waals surface area (Å²) in [6, 6.07) is 13.5. The van der Waals surface area contributed by atoms with E-state index in [1.165, 1.54) is 0 Å². The molecule has 4 rings (SSSR count). The van der Waals surface area contributed by atoms with Crippen molar-refractivity contribution in [3.8, 4) is 5.75 Å². The number of benzene rings is 1. The van der Waals surface area contributed by atoms with Crippen LogP contribution in [0.25, 0.3) is 0 Å².